The summed E-state index contributed by atoms with van der Waals surface area (Å²) >= 11 is 4.94. The van der Waals surface area contributed by atoms with Crippen LogP contribution in [0.2, 0.25) is 0 Å². The van der Waals surface area contributed by atoms with Crippen LogP contribution in [0.4, 0.5) is 4.39 Å². The minimum atomic E-state index is -0.314. The molecular formula is C12H11BrFNOS. The van der Waals surface area contributed by atoms with Gasteiger partial charge in [-0.05, 0) is 34.1 Å². The molecule has 2 N–H and O–H groups in total. The molecule has 0 aliphatic heterocycles. The Morgan fingerprint density at radius 2 is 2.24 bits per heavy atom. The van der Waals surface area contributed by atoms with Crippen molar-refractivity contribution in [2.24, 2.45) is 5.73 Å². The van der Waals surface area contributed by atoms with Gasteiger partial charge in [-0.15, -0.1) is 11.3 Å². The normalized spacial score (nSPS) is 12.4. The Balaban J connectivity index is 2.15. The molecule has 0 amide bonds. The second-order valence-electron chi connectivity index (χ2n) is 3.47. The summed E-state index contributed by atoms with van der Waals surface area (Å²) in [6.07, 6.45) is -0.243. The van der Waals surface area contributed by atoms with Gasteiger partial charge < -0.3 is 10.5 Å². The lowest BCUT2D eigenvalue weighted by Gasteiger charge is -2.15. The Bertz CT molecular complexity index is 503. The van der Waals surface area contributed by atoms with Gasteiger partial charge in [0.1, 0.15) is 17.7 Å². The highest BCUT2D eigenvalue weighted by Gasteiger charge is 2.14. The topological polar surface area (TPSA) is 35.2 Å². The van der Waals surface area contributed by atoms with Crippen LogP contribution in [0.15, 0.2) is 40.2 Å². The predicted octanol–water partition coefficient (Wildman–Crippen LogP) is 3.73. The fraction of sp³-hybridized carbons (Fsp3) is 0.167. The molecule has 0 bridgehead atoms. The second-order valence-corrected chi connectivity index (χ2v) is 5.33. The SMILES string of the molecule is NCC(Oc1cccc(F)c1)c1cc(Br)cs1. The molecule has 0 spiro atoms. The van der Waals surface area contributed by atoms with Crippen LogP contribution < -0.4 is 10.5 Å². The lowest BCUT2D eigenvalue weighted by Crippen LogP contribution is -2.17. The van der Waals surface area contributed by atoms with Gasteiger partial charge in [0, 0.05) is 27.3 Å². The van der Waals surface area contributed by atoms with Gasteiger partial charge in [-0.2, -0.15) is 0 Å². The molecule has 1 aromatic carbocycles. The molecule has 1 heterocycles. The molecule has 0 saturated heterocycles. The van der Waals surface area contributed by atoms with Gasteiger partial charge in [0.15, 0.2) is 0 Å². The van der Waals surface area contributed by atoms with Crippen molar-refractivity contribution < 1.29 is 9.13 Å². The first kappa shape index (κ1) is 12.5. The first-order valence-electron chi connectivity index (χ1n) is 5.05. The zero-order valence-electron chi connectivity index (χ0n) is 8.90. The number of hydrogen-bond donors (Lipinski definition) is 1. The maximum atomic E-state index is 13.0. The maximum Gasteiger partial charge on any atom is 0.145 e. The van der Waals surface area contributed by atoms with Crippen molar-refractivity contribution in [3.8, 4) is 5.75 Å². The minimum Gasteiger partial charge on any atom is -0.483 e. The average molecular weight is 316 g/mol. The largest absolute Gasteiger partial charge is 0.483 e. The van der Waals surface area contributed by atoms with Gasteiger partial charge in [-0.1, -0.05) is 6.07 Å². The summed E-state index contributed by atoms with van der Waals surface area (Å²) in [6.45, 7) is 0.351. The quantitative estimate of drug-likeness (QED) is 0.933. The van der Waals surface area contributed by atoms with E-state index in [-0.39, 0.29) is 11.9 Å². The third-order valence-electron chi connectivity index (χ3n) is 2.19. The van der Waals surface area contributed by atoms with Crippen LogP contribution in [0, 0.1) is 5.82 Å². The minimum absolute atomic E-state index is 0.243. The van der Waals surface area contributed by atoms with Gasteiger partial charge in [0.25, 0.3) is 0 Å². The van der Waals surface area contributed by atoms with Crippen molar-refractivity contribution in [2.45, 2.75) is 6.10 Å². The summed E-state index contributed by atoms with van der Waals surface area (Å²) in [4.78, 5) is 1.02. The Labute approximate surface area is 111 Å². The fourth-order valence-electron chi connectivity index (χ4n) is 1.42. The molecule has 0 aliphatic carbocycles. The Morgan fingerprint density at radius 1 is 1.41 bits per heavy atom. The lowest BCUT2D eigenvalue weighted by molar-refractivity contribution is 0.217. The highest BCUT2D eigenvalue weighted by atomic mass is 79.9. The van der Waals surface area contributed by atoms with Gasteiger partial charge in [0.05, 0.1) is 0 Å². The van der Waals surface area contributed by atoms with Gasteiger partial charge in [-0.25, -0.2) is 4.39 Å². The van der Waals surface area contributed by atoms with Crippen LogP contribution in [0.5, 0.6) is 5.75 Å². The molecule has 0 radical (unpaired) electrons. The Hall–Kier alpha value is -0.910. The Kier molecular flexibility index (Phi) is 4.15. The van der Waals surface area contributed by atoms with Crippen LogP contribution in [-0.2, 0) is 0 Å². The van der Waals surface area contributed by atoms with Crippen LogP contribution in [0.1, 0.15) is 11.0 Å². The summed E-state index contributed by atoms with van der Waals surface area (Å²) < 4.78 is 19.7. The molecule has 0 saturated carbocycles. The van der Waals surface area contributed by atoms with Crippen LogP contribution in [0.3, 0.4) is 0 Å². The number of rotatable bonds is 4. The van der Waals surface area contributed by atoms with E-state index in [1.54, 1.807) is 23.5 Å². The van der Waals surface area contributed by atoms with E-state index in [0.29, 0.717) is 12.3 Å². The van der Waals surface area contributed by atoms with Gasteiger partial charge in [-0.3, -0.25) is 0 Å². The van der Waals surface area contributed by atoms with E-state index >= 15 is 0 Å². The monoisotopic (exact) mass is 315 g/mol. The summed E-state index contributed by atoms with van der Waals surface area (Å²) in [5.74, 6) is 0.176. The second kappa shape index (κ2) is 5.62. The van der Waals surface area contributed by atoms with Crippen molar-refractivity contribution in [3.05, 3.63) is 50.9 Å². The number of benzene rings is 1. The number of ether oxygens (including phenoxy) is 1. The summed E-state index contributed by atoms with van der Waals surface area (Å²) in [5, 5.41) is 1.97. The fourth-order valence-corrected chi connectivity index (χ4v) is 2.91. The van der Waals surface area contributed by atoms with Crippen molar-refractivity contribution in [1.29, 1.82) is 0 Å². The number of halogens is 2. The number of nitrogens with two attached hydrogens (primary N) is 1. The zero-order chi connectivity index (χ0) is 12.3. The molecule has 1 aromatic heterocycles. The van der Waals surface area contributed by atoms with Gasteiger partial charge in [0.2, 0.25) is 0 Å². The molecular weight excluding hydrogens is 305 g/mol. The summed E-state index contributed by atoms with van der Waals surface area (Å²) in [5.41, 5.74) is 5.67. The van der Waals surface area contributed by atoms with Crippen molar-refractivity contribution in [1.82, 2.24) is 0 Å². The molecule has 2 rings (SSSR count). The van der Waals surface area contributed by atoms with Crippen LogP contribution >= 0.6 is 27.3 Å². The number of hydrogen-bond acceptors (Lipinski definition) is 3. The molecule has 1 atom stereocenters. The average Bonchev–Trinajstić information content (AvgIpc) is 2.73. The van der Waals surface area contributed by atoms with Crippen molar-refractivity contribution in [3.63, 3.8) is 0 Å². The third kappa shape index (κ3) is 3.28. The molecule has 1 unspecified atom stereocenters. The van der Waals surface area contributed by atoms with E-state index in [1.807, 2.05) is 11.4 Å². The Morgan fingerprint density at radius 3 is 2.82 bits per heavy atom. The van der Waals surface area contributed by atoms with Crippen molar-refractivity contribution >= 4 is 27.3 Å². The van der Waals surface area contributed by atoms with Gasteiger partial charge >= 0.3 is 0 Å². The molecule has 5 heteroatoms. The first-order valence-corrected chi connectivity index (χ1v) is 6.72. The first-order chi connectivity index (χ1) is 8.19. The van der Waals surface area contributed by atoms with Crippen molar-refractivity contribution in [2.75, 3.05) is 6.54 Å². The molecule has 2 nitrogen and oxygen atoms in total. The van der Waals surface area contributed by atoms with E-state index in [4.69, 9.17) is 10.5 Å². The molecule has 17 heavy (non-hydrogen) atoms. The number of thiophene rings is 1. The van der Waals surface area contributed by atoms with E-state index < -0.39 is 0 Å². The lowest BCUT2D eigenvalue weighted by atomic mass is 10.3. The summed E-state index contributed by atoms with van der Waals surface area (Å²) in [7, 11) is 0. The summed E-state index contributed by atoms with van der Waals surface area (Å²) in [6, 6.07) is 8.02. The van der Waals surface area contributed by atoms with Crippen LogP contribution in [-0.4, -0.2) is 6.54 Å². The van der Waals surface area contributed by atoms with E-state index in [0.717, 1.165) is 9.35 Å². The predicted molar refractivity (Wildman–Crippen MR) is 70.8 cm³/mol. The standard InChI is InChI=1S/C12H11BrFNOS/c13-8-4-12(17-7-8)11(6-15)16-10-3-1-2-9(14)5-10/h1-5,7,11H,6,15H2. The zero-order valence-corrected chi connectivity index (χ0v) is 11.3. The van der Waals surface area contributed by atoms with E-state index in [2.05, 4.69) is 15.9 Å². The molecule has 0 fully saturated rings. The highest BCUT2D eigenvalue weighted by Crippen LogP contribution is 2.28. The van der Waals surface area contributed by atoms with E-state index in [1.165, 1.54) is 12.1 Å². The third-order valence-corrected chi connectivity index (χ3v) is 3.98. The molecule has 90 valence electrons. The van der Waals surface area contributed by atoms with Crippen LogP contribution in [0.25, 0.3) is 0 Å². The smallest absolute Gasteiger partial charge is 0.145 e. The van der Waals surface area contributed by atoms with E-state index in [9.17, 15) is 4.39 Å². The highest BCUT2D eigenvalue weighted by molar-refractivity contribution is 9.10. The maximum absolute atomic E-state index is 13.0. The molecule has 2 aromatic rings. The molecule has 0 aliphatic rings.